The molecule has 2 aromatic heterocycles. The van der Waals surface area contributed by atoms with Gasteiger partial charge in [-0.1, -0.05) is 0 Å². The molecule has 1 saturated heterocycles. The van der Waals surface area contributed by atoms with Gasteiger partial charge in [0.1, 0.15) is 17.3 Å². The summed E-state index contributed by atoms with van der Waals surface area (Å²) in [6.07, 6.45) is 7.03. The van der Waals surface area contributed by atoms with Crippen molar-refractivity contribution in [3.05, 3.63) is 72.5 Å². The summed E-state index contributed by atoms with van der Waals surface area (Å²) in [6, 6.07) is 9.76. The third-order valence-electron chi connectivity index (χ3n) is 4.88. The highest BCUT2D eigenvalue weighted by atomic mass is 19.1. The van der Waals surface area contributed by atoms with Crippen molar-refractivity contribution in [2.75, 3.05) is 19.6 Å². The van der Waals surface area contributed by atoms with Gasteiger partial charge in [0.05, 0.1) is 24.8 Å². The number of nitrogens with one attached hydrogen (secondary N) is 1. The van der Waals surface area contributed by atoms with Gasteiger partial charge in [0.25, 0.3) is 5.91 Å². The molecule has 6 nitrogen and oxygen atoms in total. The number of carbonyl (C=O) groups is 1. The van der Waals surface area contributed by atoms with Crippen LogP contribution in [0.2, 0.25) is 0 Å². The number of imidazole rings is 1. The van der Waals surface area contributed by atoms with E-state index in [4.69, 9.17) is 4.42 Å². The molecule has 4 rings (SSSR count). The van der Waals surface area contributed by atoms with Crippen molar-refractivity contribution >= 4 is 5.91 Å². The number of nitrogens with zero attached hydrogens (tertiary/aromatic N) is 3. The largest absolute Gasteiger partial charge is 0.468 e. The van der Waals surface area contributed by atoms with E-state index < -0.39 is 0 Å². The molecule has 0 radical (unpaired) electrons. The molecule has 1 aromatic carbocycles. The Morgan fingerprint density at radius 1 is 1.22 bits per heavy atom. The van der Waals surface area contributed by atoms with Crippen LogP contribution in [-0.4, -0.2) is 40.0 Å². The minimum absolute atomic E-state index is 0.00800. The number of benzene rings is 1. The number of likely N-dealkylation sites (tertiary alicyclic amines) is 1. The quantitative estimate of drug-likeness (QED) is 0.726. The first-order valence-electron chi connectivity index (χ1n) is 9.06. The lowest BCUT2D eigenvalue weighted by atomic mass is 10.2. The second-order valence-electron chi connectivity index (χ2n) is 6.61. The predicted octanol–water partition coefficient (Wildman–Crippen LogP) is 3.17. The number of hydrogen-bond acceptors (Lipinski definition) is 4. The van der Waals surface area contributed by atoms with Crippen molar-refractivity contribution in [1.82, 2.24) is 19.8 Å². The van der Waals surface area contributed by atoms with Crippen LogP contribution < -0.4 is 5.32 Å². The number of aromatic nitrogens is 2. The molecule has 1 amide bonds. The SMILES string of the molecule is O=C(NC[C@H](c1ccco1)N1CCCC1)c1cncn1-c1ccc(F)cc1. The monoisotopic (exact) mass is 368 g/mol. The van der Waals surface area contributed by atoms with Crippen LogP contribution in [-0.2, 0) is 0 Å². The molecule has 1 fully saturated rings. The first-order chi connectivity index (χ1) is 13.2. The van der Waals surface area contributed by atoms with Crippen molar-refractivity contribution in [3.63, 3.8) is 0 Å². The van der Waals surface area contributed by atoms with E-state index in [0.29, 0.717) is 17.9 Å². The van der Waals surface area contributed by atoms with Crippen LogP contribution in [0.3, 0.4) is 0 Å². The molecule has 3 heterocycles. The van der Waals surface area contributed by atoms with Crippen molar-refractivity contribution in [1.29, 1.82) is 0 Å². The fourth-order valence-corrected chi connectivity index (χ4v) is 3.49. The van der Waals surface area contributed by atoms with Gasteiger partial charge in [-0.15, -0.1) is 0 Å². The molecular formula is C20H21FN4O2. The Labute approximate surface area is 156 Å². The molecule has 3 aromatic rings. The number of hydrogen-bond donors (Lipinski definition) is 1. The van der Waals surface area contributed by atoms with Crippen molar-refractivity contribution in [3.8, 4) is 5.69 Å². The topological polar surface area (TPSA) is 63.3 Å². The summed E-state index contributed by atoms with van der Waals surface area (Å²) >= 11 is 0. The zero-order chi connectivity index (χ0) is 18.6. The van der Waals surface area contributed by atoms with Crippen LogP contribution in [0.5, 0.6) is 0 Å². The van der Waals surface area contributed by atoms with Crippen molar-refractivity contribution in [2.45, 2.75) is 18.9 Å². The lowest BCUT2D eigenvalue weighted by Gasteiger charge is -2.26. The normalized spacial score (nSPS) is 15.7. The summed E-state index contributed by atoms with van der Waals surface area (Å²) in [5.74, 6) is 0.300. The molecule has 1 aliphatic rings. The molecule has 0 saturated carbocycles. The second kappa shape index (κ2) is 7.75. The molecule has 0 aliphatic carbocycles. The van der Waals surface area contributed by atoms with Crippen LogP contribution in [0.1, 0.15) is 35.1 Å². The first kappa shape index (κ1) is 17.5. The maximum atomic E-state index is 13.2. The Balaban J connectivity index is 1.49. The van der Waals surface area contributed by atoms with Gasteiger partial charge in [0, 0.05) is 12.2 Å². The minimum Gasteiger partial charge on any atom is -0.468 e. The molecule has 0 spiro atoms. The Kier molecular flexibility index (Phi) is 5.02. The number of halogens is 1. The van der Waals surface area contributed by atoms with E-state index in [-0.39, 0.29) is 17.8 Å². The van der Waals surface area contributed by atoms with E-state index in [1.165, 1.54) is 18.3 Å². The maximum Gasteiger partial charge on any atom is 0.269 e. The van der Waals surface area contributed by atoms with Crippen LogP contribution in [0.4, 0.5) is 4.39 Å². The van der Waals surface area contributed by atoms with E-state index in [0.717, 1.165) is 31.7 Å². The fourth-order valence-electron chi connectivity index (χ4n) is 3.49. The molecule has 1 N–H and O–H groups in total. The molecule has 140 valence electrons. The highest BCUT2D eigenvalue weighted by Crippen LogP contribution is 2.25. The average molecular weight is 368 g/mol. The van der Waals surface area contributed by atoms with Crippen molar-refractivity contribution < 1.29 is 13.6 Å². The van der Waals surface area contributed by atoms with Gasteiger partial charge in [-0.2, -0.15) is 0 Å². The lowest BCUT2D eigenvalue weighted by molar-refractivity contribution is 0.0927. The van der Waals surface area contributed by atoms with Gasteiger partial charge in [0.15, 0.2) is 0 Å². The number of rotatable bonds is 6. The molecule has 0 bridgehead atoms. The molecular weight excluding hydrogens is 347 g/mol. The predicted molar refractivity (Wildman–Crippen MR) is 98.1 cm³/mol. The highest BCUT2D eigenvalue weighted by Gasteiger charge is 2.26. The molecule has 0 unspecified atom stereocenters. The summed E-state index contributed by atoms with van der Waals surface area (Å²) in [5, 5.41) is 3.00. The first-order valence-corrected chi connectivity index (χ1v) is 9.06. The smallest absolute Gasteiger partial charge is 0.269 e. The van der Waals surface area contributed by atoms with Crippen molar-refractivity contribution in [2.24, 2.45) is 0 Å². The van der Waals surface area contributed by atoms with Gasteiger partial charge in [0.2, 0.25) is 0 Å². The number of amides is 1. The third kappa shape index (κ3) is 3.78. The number of carbonyl (C=O) groups excluding carboxylic acids is 1. The summed E-state index contributed by atoms with van der Waals surface area (Å²) in [7, 11) is 0. The Morgan fingerprint density at radius 3 is 2.70 bits per heavy atom. The van der Waals surface area contributed by atoms with E-state index in [2.05, 4.69) is 15.2 Å². The molecule has 1 atom stereocenters. The standard InChI is InChI=1S/C20H21FN4O2/c21-15-5-7-16(8-6-15)25-14-22-12-18(25)20(26)23-13-17(19-4-3-11-27-19)24-9-1-2-10-24/h3-8,11-12,14,17H,1-2,9-10,13H2,(H,23,26)/t17-/m1/s1. The van der Waals surface area contributed by atoms with Gasteiger partial charge in [-0.3, -0.25) is 14.3 Å². The highest BCUT2D eigenvalue weighted by molar-refractivity contribution is 5.93. The van der Waals surface area contributed by atoms with Crippen LogP contribution in [0, 0.1) is 5.82 Å². The lowest BCUT2D eigenvalue weighted by Crippen LogP contribution is -2.37. The molecule has 7 heteroatoms. The number of furan rings is 1. The summed E-state index contributed by atoms with van der Waals surface area (Å²) < 4.78 is 20.4. The van der Waals surface area contributed by atoms with E-state index in [1.54, 1.807) is 29.3 Å². The second-order valence-corrected chi connectivity index (χ2v) is 6.61. The van der Waals surface area contributed by atoms with Gasteiger partial charge < -0.3 is 9.73 Å². The fraction of sp³-hybridized carbons (Fsp3) is 0.300. The van der Waals surface area contributed by atoms with Gasteiger partial charge in [-0.05, 0) is 62.3 Å². The molecule has 1 aliphatic heterocycles. The maximum absolute atomic E-state index is 13.2. The van der Waals surface area contributed by atoms with Gasteiger partial charge >= 0.3 is 0 Å². The summed E-state index contributed by atoms with van der Waals surface area (Å²) in [6.45, 7) is 2.43. The Hall–Kier alpha value is -2.93. The van der Waals surface area contributed by atoms with Crippen LogP contribution in [0.25, 0.3) is 5.69 Å². The Morgan fingerprint density at radius 2 is 2.00 bits per heavy atom. The van der Waals surface area contributed by atoms with Crippen LogP contribution >= 0.6 is 0 Å². The third-order valence-corrected chi connectivity index (χ3v) is 4.88. The van der Waals surface area contributed by atoms with E-state index in [9.17, 15) is 9.18 Å². The van der Waals surface area contributed by atoms with Gasteiger partial charge in [-0.25, -0.2) is 9.37 Å². The zero-order valence-corrected chi connectivity index (χ0v) is 14.8. The molecule has 27 heavy (non-hydrogen) atoms. The summed E-state index contributed by atoms with van der Waals surface area (Å²) in [5.41, 5.74) is 1.09. The minimum atomic E-state index is -0.322. The zero-order valence-electron chi connectivity index (χ0n) is 14.8. The Bertz CT molecular complexity index is 883. The summed E-state index contributed by atoms with van der Waals surface area (Å²) in [4.78, 5) is 19.2. The van der Waals surface area contributed by atoms with Crippen LogP contribution in [0.15, 0.2) is 59.6 Å². The van der Waals surface area contributed by atoms with E-state index in [1.807, 2.05) is 12.1 Å². The average Bonchev–Trinajstić information content (AvgIpc) is 3.44. The van der Waals surface area contributed by atoms with E-state index >= 15 is 0 Å².